The molecule has 12 heteroatoms. The number of esters is 3. The van der Waals surface area contributed by atoms with Gasteiger partial charge in [0.1, 0.15) is 12.7 Å². The van der Waals surface area contributed by atoms with Gasteiger partial charge in [0.25, 0.3) is 0 Å². The van der Waals surface area contributed by atoms with Gasteiger partial charge in [0.05, 0.1) is 19.8 Å². The minimum atomic E-state index is -4.74. The van der Waals surface area contributed by atoms with Crippen molar-refractivity contribution in [2.24, 2.45) is 0 Å². The number of carbonyl (C=O) groups is 3. The molecule has 0 bridgehead atoms. The van der Waals surface area contributed by atoms with Gasteiger partial charge in [-0.15, -0.1) is 0 Å². The maximum absolute atomic E-state index is 12.9. The van der Waals surface area contributed by atoms with Crippen molar-refractivity contribution >= 4 is 25.7 Å². The van der Waals surface area contributed by atoms with Crippen molar-refractivity contribution in [2.75, 3.05) is 26.4 Å². The van der Waals surface area contributed by atoms with Gasteiger partial charge in [0.2, 0.25) is 0 Å². The van der Waals surface area contributed by atoms with Gasteiger partial charge in [-0.05, 0) is 70.6 Å². The number of carbonyl (C=O) groups excluding carboxylic acids is 3. The van der Waals surface area contributed by atoms with Crippen molar-refractivity contribution in [1.29, 1.82) is 0 Å². The Bertz CT molecular complexity index is 1310. The Morgan fingerprint density at radius 3 is 0.958 bits per heavy atom. The van der Waals surface area contributed by atoms with E-state index in [0.717, 1.165) is 77.0 Å². The molecule has 0 heterocycles. The molecule has 0 radical (unpaired) electrons. The molecule has 0 spiro atoms. The second kappa shape index (κ2) is 55.2. The van der Waals surface area contributed by atoms with Crippen molar-refractivity contribution in [1.82, 2.24) is 0 Å². The number of ether oxygens (including phenoxy) is 3. The zero-order chi connectivity index (χ0) is 52.7. The lowest BCUT2D eigenvalue weighted by Crippen LogP contribution is -2.30. The number of phosphoric acid groups is 1. The SMILES string of the molecule is CCCCCCCC/C=C\CCCCCCCCCCCC(=O)OCC(COP(=O)(O)OCC(CO)OC(=O)CCCCCCCCCCCCC)OC(=O)CCCCCCC/C=C\CCCCCCCC. The Balaban J connectivity index is 4.67. The number of hydrogen-bond donors (Lipinski definition) is 2. The second-order valence-corrected chi connectivity index (χ2v) is 22.0. The summed E-state index contributed by atoms with van der Waals surface area (Å²) >= 11 is 0. The molecule has 424 valence electrons. The Morgan fingerprint density at radius 1 is 0.375 bits per heavy atom. The third kappa shape index (κ3) is 52.8. The lowest BCUT2D eigenvalue weighted by Gasteiger charge is -2.21. The maximum Gasteiger partial charge on any atom is 0.472 e. The molecule has 0 aromatic carbocycles. The average Bonchev–Trinajstić information content (AvgIpc) is 3.37. The highest BCUT2D eigenvalue weighted by molar-refractivity contribution is 7.47. The van der Waals surface area contributed by atoms with Crippen LogP contribution in [0.5, 0.6) is 0 Å². The van der Waals surface area contributed by atoms with Gasteiger partial charge >= 0.3 is 25.7 Å². The van der Waals surface area contributed by atoms with E-state index in [4.69, 9.17) is 23.3 Å². The predicted molar refractivity (Wildman–Crippen MR) is 298 cm³/mol. The van der Waals surface area contributed by atoms with Crippen molar-refractivity contribution < 1.29 is 52.2 Å². The molecule has 11 nitrogen and oxygen atoms in total. The topological polar surface area (TPSA) is 155 Å². The molecule has 72 heavy (non-hydrogen) atoms. The summed E-state index contributed by atoms with van der Waals surface area (Å²) in [4.78, 5) is 48.5. The molecule has 0 fully saturated rings. The normalized spacial score (nSPS) is 13.5. The van der Waals surface area contributed by atoms with Crippen LogP contribution in [0.4, 0.5) is 0 Å². The first-order valence-corrected chi connectivity index (χ1v) is 31.7. The fourth-order valence-electron chi connectivity index (χ4n) is 8.70. The first-order valence-electron chi connectivity index (χ1n) is 30.2. The Hall–Kier alpha value is -2.04. The number of unbranched alkanes of at least 4 members (excludes halogenated alkanes) is 36. The molecule has 0 aromatic rings. The predicted octanol–water partition coefficient (Wildman–Crippen LogP) is 17.8. The van der Waals surface area contributed by atoms with Crippen LogP contribution in [0.1, 0.15) is 303 Å². The lowest BCUT2D eigenvalue weighted by molar-refractivity contribution is -0.161. The van der Waals surface area contributed by atoms with E-state index in [1.165, 1.54) is 167 Å². The number of hydrogen-bond acceptors (Lipinski definition) is 10. The van der Waals surface area contributed by atoms with E-state index in [9.17, 15) is 28.9 Å². The van der Waals surface area contributed by atoms with Crippen LogP contribution in [-0.4, -0.2) is 66.5 Å². The van der Waals surface area contributed by atoms with E-state index in [2.05, 4.69) is 45.1 Å². The molecule has 0 aliphatic rings. The van der Waals surface area contributed by atoms with Crippen LogP contribution >= 0.6 is 7.82 Å². The van der Waals surface area contributed by atoms with Gasteiger partial charge in [-0.1, -0.05) is 238 Å². The number of aliphatic hydroxyl groups is 1. The Kier molecular flexibility index (Phi) is 53.6. The molecule has 0 aromatic heterocycles. The summed E-state index contributed by atoms with van der Waals surface area (Å²) in [5, 5.41) is 9.80. The number of allylic oxidation sites excluding steroid dienone is 4. The average molecular weight is 1040 g/mol. The van der Waals surface area contributed by atoms with E-state index < -0.39 is 57.8 Å². The molecule has 0 saturated heterocycles. The fraction of sp³-hybridized carbons (Fsp3) is 0.883. The molecule has 3 atom stereocenters. The van der Waals surface area contributed by atoms with E-state index in [0.29, 0.717) is 19.3 Å². The summed E-state index contributed by atoms with van der Waals surface area (Å²) in [5.41, 5.74) is 0. The van der Waals surface area contributed by atoms with Gasteiger partial charge < -0.3 is 24.2 Å². The van der Waals surface area contributed by atoms with E-state index in [-0.39, 0.29) is 25.9 Å². The minimum Gasteiger partial charge on any atom is -0.462 e. The number of rotatable bonds is 57. The zero-order valence-electron chi connectivity index (χ0n) is 46.9. The number of phosphoric ester groups is 1. The highest BCUT2D eigenvalue weighted by Gasteiger charge is 2.28. The van der Waals surface area contributed by atoms with Gasteiger partial charge in [0, 0.05) is 19.3 Å². The summed E-state index contributed by atoms with van der Waals surface area (Å²) in [6.07, 6.45) is 55.6. The van der Waals surface area contributed by atoms with Crippen LogP contribution in [0.25, 0.3) is 0 Å². The molecule has 0 aliphatic heterocycles. The van der Waals surface area contributed by atoms with Gasteiger partial charge in [-0.25, -0.2) is 4.57 Å². The summed E-state index contributed by atoms with van der Waals surface area (Å²) < 4.78 is 39.5. The third-order valence-electron chi connectivity index (χ3n) is 13.3. The van der Waals surface area contributed by atoms with E-state index >= 15 is 0 Å². The molecular formula is C60H113O11P. The Labute approximate surface area is 442 Å². The largest absolute Gasteiger partial charge is 0.472 e. The monoisotopic (exact) mass is 1040 g/mol. The van der Waals surface area contributed by atoms with Gasteiger partial charge in [0.15, 0.2) is 6.10 Å². The molecule has 0 aliphatic carbocycles. The van der Waals surface area contributed by atoms with E-state index in [1.54, 1.807) is 0 Å². The molecular weight excluding hydrogens is 928 g/mol. The van der Waals surface area contributed by atoms with Crippen LogP contribution in [-0.2, 0) is 42.2 Å². The van der Waals surface area contributed by atoms with Gasteiger partial charge in [-0.3, -0.25) is 23.4 Å². The van der Waals surface area contributed by atoms with Crippen molar-refractivity contribution in [3.05, 3.63) is 24.3 Å². The van der Waals surface area contributed by atoms with E-state index in [1.807, 2.05) is 0 Å². The quantitative estimate of drug-likeness (QED) is 0.0197. The fourth-order valence-corrected chi connectivity index (χ4v) is 9.48. The van der Waals surface area contributed by atoms with Crippen LogP contribution in [0.3, 0.4) is 0 Å². The molecule has 3 unspecified atom stereocenters. The summed E-state index contributed by atoms with van der Waals surface area (Å²) in [6.45, 7) is 4.67. The number of aliphatic hydroxyl groups excluding tert-OH is 1. The maximum atomic E-state index is 12.9. The summed E-state index contributed by atoms with van der Waals surface area (Å²) in [5.74, 6) is -1.45. The first-order chi connectivity index (χ1) is 35.2. The highest BCUT2D eigenvalue weighted by atomic mass is 31.2. The van der Waals surface area contributed by atoms with Crippen molar-refractivity contribution in [3.63, 3.8) is 0 Å². The first kappa shape index (κ1) is 70.0. The summed E-state index contributed by atoms with van der Waals surface area (Å²) in [6, 6.07) is 0. The molecule has 0 saturated carbocycles. The smallest absolute Gasteiger partial charge is 0.462 e. The van der Waals surface area contributed by atoms with Crippen LogP contribution in [0.15, 0.2) is 24.3 Å². The third-order valence-corrected chi connectivity index (χ3v) is 14.3. The van der Waals surface area contributed by atoms with Crippen molar-refractivity contribution in [3.8, 4) is 0 Å². The molecule has 0 rings (SSSR count). The minimum absolute atomic E-state index is 0.162. The molecule has 0 amide bonds. The standard InChI is InChI=1S/C60H113O11P/c1-4-7-10-13-16-19-22-24-26-27-28-29-31-32-35-37-40-43-46-49-58(62)67-53-57(71-60(64)51-48-45-42-39-36-33-30-25-23-20-17-14-11-8-5-2)55-69-72(65,66)68-54-56(52-61)70-59(63)50-47-44-41-38-34-21-18-15-12-9-6-3/h24-26,30,56-57,61H,4-23,27-29,31-55H2,1-3H3,(H,65,66)/b26-24-,30-25-. The molecule has 2 N–H and O–H groups in total. The Morgan fingerprint density at radius 2 is 0.639 bits per heavy atom. The highest BCUT2D eigenvalue weighted by Crippen LogP contribution is 2.43. The van der Waals surface area contributed by atoms with Crippen LogP contribution in [0, 0.1) is 0 Å². The van der Waals surface area contributed by atoms with Crippen molar-refractivity contribution in [2.45, 2.75) is 315 Å². The second-order valence-electron chi connectivity index (χ2n) is 20.5. The zero-order valence-corrected chi connectivity index (χ0v) is 47.8. The van der Waals surface area contributed by atoms with Gasteiger partial charge in [-0.2, -0.15) is 0 Å². The summed E-state index contributed by atoms with van der Waals surface area (Å²) in [7, 11) is -4.74. The lowest BCUT2D eigenvalue weighted by atomic mass is 10.1. The van der Waals surface area contributed by atoms with Crippen LogP contribution < -0.4 is 0 Å². The van der Waals surface area contributed by atoms with Crippen LogP contribution in [0.2, 0.25) is 0 Å².